The van der Waals surface area contributed by atoms with E-state index in [4.69, 9.17) is 4.74 Å². The Bertz CT molecular complexity index is 1420. The highest BCUT2D eigenvalue weighted by atomic mass is 19.1. The summed E-state index contributed by atoms with van der Waals surface area (Å²) < 4.78 is 21.6. The van der Waals surface area contributed by atoms with E-state index in [0.29, 0.717) is 17.4 Å². The van der Waals surface area contributed by atoms with Gasteiger partial charge in [0.1, 0.15) is 17.7 Å². The van der Waals surface area contributed by atoms with E-state index in [2.05, 4.69) is 53.2 Å². The van der Waals surface area contributed by atoms with Gasteiger partial charge >= 0.3 is 5.97 Å². The minimum absolute atomic E-state index is 0.0132. The fourth-order valence-electron chi connectivity index (χ4n) is 6.77. The van der Waals surface area contributed by atoms with Gasteiger partial charge in [-0.15, -0.1) is 0 Å². The number of nitrogens with zero attached hydrogens (tertiary/aromatic N) is 2. The maximum absolute atomic E-state index is 15.0. The number of pyridine rings is 1. The predicted octanol–water partition coefficient (Wildman–Crippen LogP) is 7.32. The molecule has 0 spiro atoms. The van der Waals surface area contributed by atoms with E-state index in [1.54, 1.807) is 0 Å². The van der Waals surface area contributed by atoms with Crippen LogP contribution in [0.4, 0.5) is 4.39 Å². The number of carboxylic acid groups (broad SMARTS) is 1. The van der Waals surface area contributed by atoms with Crippen LogP contribution in [0, 0.1) is 30.5 Å². The molecule has 2 aliphatic heterocycles. The Labute approximate surface area is 236 Å². The highest BCUT2D eigenvalue weighted by Crippen LogP contribution is 2.48. The van der Waals surface area contributed by atoms with E-state index >= 15 is 0 Å². The zero-order valence-corrected chi connectivity index (χ0v) is 23.7. The molecule has 2 aromatic carbocycles. The number of likely N-dealkylation sites (tertiary alicyclic amines) is 1. The second kappa shape index (κ2) is 11.0. The highest BCUT2D eigenvalue weighted by Gasteiger charge is 2.39. The standard InChI is InChI=1S/C34H39FN2O3/c1-20-12-13-37(18-20)19-27-15-25(8-10-28(27)29-14-21(2)36-17-30(29)35)31-11-9-23-4-7-26(16-32(23)40-31)33(24-5-6-24)22(3)34(38)39/h4,7-8,10,14-17,20,22,24,31,33H,5-6,9,11-13,18-19H2,1-3H3,(H,38,39)/t20-,22-,31?,33-/m0/s1. The van der Waals surface area contributed by atoms with Crippen LogP contribution in [0.3, 0.4) is 0 Å². The number of aromatic nitrogens is 1. The van der Waals surface area contributed by atoms with E-state index in [0.717, 1.165) is 79.0 Å². The summed E-state index contributed by atoms with van der Waals surface area (Å²) in [6.07, 6.45) is 6.35. The summed E-state index contributed by atoms with van der Waals surface area (Å²) in [5.74, 6) is 0.516. The van der Waals surface area contributed by atoms with E-state index in [9.17, 15) is 14.3 Å². The molecule has 6 heteroatoms. The Morgan fingerprint density at radius 1 is 1.12 bits per heavy atom. The molecule has 210 valence electrons. The first-order valence-corrected chi connectivity index (χ1v) is 14.8. The van der Waals surface area contributed by atoms with Crippen LogP contribution in [0.25, 0.3) is 11.1 Å². The van der Waals surface area contributed by atoms with Crippen molar-refractivity contribution in [1.29, 1.82) is 0 Å². The molecule has 1 saturated carbocycles. The average Bonchev–Trinajstić information content (AvgIpc) is 3.69. The van der Waals surface area contributed by atoms with Crippen molar-refractivity contribution in [1.82, 2.24) is 9.88 Å². The topological polar surface area (TPSA) is 62.7 Å². The van der Waals surface area contributed by atoms with Crippen molar-refractivity contribution in [2.24, 2.45) is 17.8 Å². The van der Waals surface area contributed by atoms with E-state index < -0.39 is 11.9 Å². The third kappa shape index (κ3) is 5.51. The second-order valence-electron chi connectivity index (χ2n) is 12.4. The zero-order chi connectivity index (χ0) is 28.0. The fraction of sp³-hybridized carbons (Fsp3) is 0.471. The summed E-state index contributed by atoms with van der Waals surface area (Å²) in [5.41, 5.74) is 6.77. The Hall–Kier alpha value is -3.25. The average molecular weight is 543 g/mol. The number of rotatable bonds is 8. The smallest absolute Gasteiger partial charge is 0.306 e. The van der Waals surface area contributed by atoms with Gasteiger partial charge in [-0.05, 0) is 103 Å². The van der Waals surface area contributed by atoms with Gasteiger partial charge in [-0.25, -0.2) is 4.39 Å². The lowest BCUT2D eigenvalue weighted by Crippen LogP contribution is -2.22. The molecule has 3 aromatic rings. The summed E-state index contributed by atoms with van der Waals surface area (Å²) >= 11 is 0. The number of halogens is 1. The number of aliphatic carboxylic acids is 1. The van der Waals surface area contributed by atoms with E-state index in [-0.39, 0.29) is 17.8 Å². The predicted molar refractivity (Wildman–Crippen MR) is 154 cm³/mol. The molecule has 1 aliphatic carbocycles. The lowest BCUT2D eigenvalue weighted by molar-refractivity contribution is -0.142. The van der Waals surface area contributed by atoms with Crippen LogP contribution in [0.2, 0.25) is 0 Å². The molecule has 2 fully saturated rings. The minimum atomic E-state index is -0.741. The van der Waals surface area contributed by atoms with Crippen LogP contribution in [0.1, 0.15) is 79.5 Å². The monoisotopic (exact) mass is 542 g/mol. The Morgan fingerprint density at radius 2 is 1.95 bits per heavy atom. The van der Waals surface area contributed by atoms with Crippen LogP contribution in [0.15, 0.2) is 48.7 Å². The van der Waals surface area contributed by atoms with Crippen molar-refractivity contribution in [3.63, 3.8) is 0 Å². The van der Waals surface area contributed by atoms with Crippen LogP contribution in [-0.2, 0) is 17.8 Å². The molecular formula is C34H39FN2O3. The number of carbonyl (C=O) groups is 1. The Kier molecular flexibility index (Phi) is 7.39. The molecule has 1 unspecified atom stereocenters. The van der Waals surface area contributed by atoms with Crippen molar-refractivity contribution in [3.05, 3.63) is 82.4 Å². The molecule has 6 rings (SSSR count). The lowest BCUT2D eigenvalue weighted by atomic mass is 9.82. The molecule has 1 N–H and O–H groups in total. The quantitative estimate of drug-likeness (QED) is 0.323. The van der Waals surface area contributed by atoms with E-state index in [1.165, 1.54) is 18.2 Å². The number of carboxylic acids is 1. The minimum Gasteiger partial charge on any atom is -0.485 e. The van der Waals surface area contributed by atoms with Crippen LogP contribution in [-0.4, -0.2) is 34.0 Å². The number of hydrogen-bond donors (Lipinski definition) is 1. The van der Waals surface area contributed by atoms with Crippen molar-refractivity contribution < 1.29 is 19.0 Å². The number of fused-ring (bicyclic) bond motifs is 1. The van der Waals surface area contributed by atoms with Crippen molar-refractivity contribution in [2.45, 2.75) is 71.4 Å². The third-order valence-corrected chi connectivity index (χ3v) is 9.16. The molecule has 1 saturated heterocycles. The van der Waals surface area contributed by atoms with Crippen LogP contribution in [0.5, 0.6) is 5.75 Å². The molecule has 3 aliphatic rings. The first-order chi connectivity index (χ1) is 19.3. The maximum atomic E-state index is 15.0. The van der Waals surface area contributed by atoms with Crippen molar-refractivity contribution >= 4 is 5.97 Å². The SMILES string of the molecule is Cc1cc(-c2ccc(C3CCc4ccc([C@H](C5CC5)[C@H](C)C(=O)O)cc4O3)cc2CN2CC[C@H](C)C2)c(F)cn1. The van der Waals surface area contributed by atoms with Crippen molar-refractivity contribution in [3.8, 4) is 16.9 Å². The van der Waals surface area contributed by atoms with E-state index in [1.807, 2.05) is 19.9 Å². The molecule has 0 radical (unpaired) electrons. The Balaban J connectivity index is 1.31. The largest absolute Gasteiger partial charge is 0.485 e. The number of ether oxygens (including phenoxy) is 1. The molecule has 4 atom stereocenters. The first-order valence-electron chi connectivity index (χ1n) is 14.8. The third-order valence-electron chi connectivity index (χ3n) is 9.16. The number of hydrogen-bond acceptors (Lipinski definition) is 4. The van der Waals surface area contributed by atoms with Gasteiger partial charge in [0.25, 0.3) is 0 Å². The first kappa shape index (κ1) is 26.9. The van der Waals surface area contributed by atoms with Crippen LogP contribution < -0.4 is 4.74 Å². The van der Waals surface area contributed by atoms with Gasteiger partial charge in [-0.3, -0.25) is 14.7 Å². The molecule has 5 nitrogen and oxygen atoms in total. The summed E-state index contributed by atoms with van der Waals surface area (Å²) in [7, 11) is 0. The molecule has 1 aromatic heterocycles. The summed E-state index contributed by atoms with van der Waals surface area (Å²) in [5, 5.41) is 9.74. The Morgan fingerprint density at radius 3 is 2.67 bits per heavy atom. The summed E-state index contributed by atoms with van der Waals surface area (Å²) in [4.78, 5) is 18.5. The van der Waals surface area contributed by atoms with Gasteiger partial charge < -0.3 is 9.84 Å². The molecular weight excluding hydrogens is 503 g/mol. The van der Waals surface area contributed by atoms with Gasteiger partial charge in [0.05, 0.1) is 12.1 Å². The van der Waals surface area contributed by atoms with Gasteiger partial charge in [0.2, 0.25) is 0 Å². The zero-order valence-electron chi connectivity index (χ0n) is 23.7. The molecule has 0 bridgehead atoms. The normalized spacial score (nSPS) is 22.4. The fourth-order valence-corrected chi connectivity index (χ4v) is 6.77. The molecule has 40 heavy (non-hydrogen) atoms. The summed E-state index contributed by atoms with van der Waals surface area (Å²) in [6.45, 7) is 8.88. The summed E-state index contributed by atoms with van der Waals surface area (Å²) in [6, 6.07) is 14.5. The number of benzene rings is 2. The number of aryl methyl sites for hydroxylation is 2. The molecule has 0 amide bonds. The van der Waals surface area contributed by atoms with Crippen LogP contribution >= 0.6 is 0 Å². The lowest BCUT2D eigenvalue weighted by Gasteiger charge is -2.29. The molecule has 3 heterocycles. The van der Waals surface area contributed by atoms with Crippen molar-refractivity contribution in [2.75, 3.05) is 13.1 Å². The van der Waals surface area contributed by atoms with Gasteiger partial charge in [0, 0.05) is 24.3 Å². The van der Waals surface area contributed by atoms with Gasteiger partial charge in [0.15, 0.2) is 0 Å². The second-order valence-corrected chi connectivity index (χ2v) is 12.4. The van der Waals surface area contributed by atoms with Gasteiger partial charge in [-0.1, -0.05) is 44.2 Å². The van der Waals surface area contributed by atoms with Gasteiger partial charge in [-0.2, -0.15) is 0 Å². The highest BCUT2D eigenvalue weighted by molar-refractivity contribution is 5.71. The maximum Gasteiger partial charge on any atom is 0.306 e.